The van der Waals surface area contributed by atoms with Crippen LogP contribution in [0.3, 0.4) is 0 Å². The van der Waals surface area contributed by atoms with Crippen LogP contribution in [0.5, 0.6) is 11.8 Å². The first-order chi connectivity index (χ1) is 9.81. The average Bonchev–Trinajstić information content (AvgIpc) is 2.54. The molecule has 0 radical (unpaired) electrons. The summed E-state index contributed by atoms with van der Waals surface area (Å²) in [5.41, 5.74) is 2.45. The summed E-state index contributed by atoms with van der Waals surface area (Å²) in [7, 11) is 3.17. The van der Waals surface area contributed by atoms with Crippen molar-refractivity contribution in [3.05, 3.63) is 42.7 Å². The normalized spacial score (nSPS) is 10.5. The van der Waals surface area contributed by atoms with E-state index in [1.54, 1.807) is 19.5 Å². The SMILES string of the molecule is COc1ncc(-c2ccc3cccc(OC)c3n2)cn1. The van der Waals surface area contributed by atoms with Crippen LogP contribution in [0.2, 0.25) is 0 Å². The van der Waals surface area contributed by atoms with Crippen molar-refractivity contribution in [2.75, 3.05) is 14.2 Å². The van der Waals surface area contributed by atoms with Gasteiger partial charge in [0, 0.05) is 23.3 Å². The molecule has 5 heteroatoms. The van der Waals surface area contributed by atoms with Gasteiger partial charge in [0.05, 0.1) is 19.9 Å². The van der Waals surface area contributed by atoms with Crippen LogP contribution in [0.15, 0.2) is 42.7 Å². The number of hydrogen-bond acceptors (Lipinski definition) is 5. The summed E-state index contributed by atoms with van der Waals surface area (Å²) >= 11 is 0. The molecule has 2 aromatic heterocycles. The molecule has 0 saturated heterocycles. The topological polar surface area (TPSA) is 57.1 Å². The van der Waals surface area contributed by atoms with Crippen LogP contribution in [0.25, 0.3) is 22.2 Å². The quantitative estimate of drug-likeness (QED) is 0.730. The number of para-hydroxylation sites is 1. The Morgan fingerprint density at radius 3 is 2.40 bits per heavy atom. The monoisotopic (exact) mass is 267 g/mol. The predicted octanol–water partition coefficient (Wildman–Crippen LogP) is 2.71. The Labute approximate surface area is 116 Å². The van der Waals surface area contributed by atoms with Crippen LogP contribution in [0.4, 0.5) is 0 Å². The first-order valence-corrected chi connectivity index (χ1v) is 6.12. The third-order valence-corrected chi connectivity index (χ3v) is 3.01. The predicted molar refractivity (Wildman–Crippen MR) is 75.9 cm³/mol. The molecule has 0 atom stereocenters. The minimum Gasteiger partial charge on any atom is -0.494 e. The molecule has 0 spiro atoms. The minimum atomic E-state index is 0.340. The van der Waals surface area contributed by atoms with E-state index in [0.717, 1.165) is 27.9 Å². The van der Waals surface area contributed by atoms with Crippen molar-refractivity contribution >= 4 is 10.9 Å². The highest BCUT2D eigenvalue weighted by Crippen LogP contribution is 2.26. The van der Waals surface area contributed by atoms with Crippen molar-refractivity contribution < 1.29 is 9.47 Å². The lowest BCUT2D eigenvalue weighted by Gasteiger charge is -2.07. The fourth-order valence-corrected chi connectivity index (χ4v) is 2.00. The van der Waals surface area contributed by atoms with E-state index in [-0.39, 0.29) is 0 Å². The maximum absolute atomic E-state index is 5.34. The molecule has 0 aliphatic rings. The number of nitrogens with zero attached hydrogens (tertiary/aromatic N) is 3. The minimum absolute atomic E-state index is 0.340. The maximum Gasteiger partial charge on any atom is 0.316 e. The van der Waals surface area contributed by atoms with Crippen LogP contribution < -0.4 is 9.47 Å². The van der Waals surface area contributed by atoms with Crippen molar-refractivity contribution in [3.8, 4) is 23.0 Å². The molecule has 0 bridgehead atoms. The van der Waals surface area contributed by atoms with E-state index in [2.05, 4.69) is 15.0 Å². The Kier molecular flexibility index (Phi) is 3.16. The number of aromatic nitrogens is 3. The van der Waals surface area contributed by atoms with Crippen molar-refractivity contribution in [2.24, 2.45) is 0 Å². The summed E-state index contributed by atoms with van der Waals surface area (Å²) in [6.45, 7) is 0. The largest absolute Gasteiger partial charge is 0.494 e. The Morgan fingerprint density at radius 2 is 1.70 bits per heavy atom. The molecular formula is C15H13N3O2. The second-order valence-electron chi connectivity index (χ2n) is 4.19. The highest BCUT2D eigenvalue weighted by Gasteiger charge is 2.06. The van der Waals surface area contributed by atoms with Gasteiger partial charge in [-0.05, 0) is 12.1 Å². The van der Waals surface area contributed by atoms with Gasteiger partial charge >= 0.3 is 6.01 Å². The fourth-order valence-electron chi connectivity index (χ4n) is 2.00. The zero-order valence-electron chi connectivity index (χ0n) is 11.2. The van der Waals surface area contributed by atoms with Crippen LogP contribution in [-0.4, -0.2) is 29.2 Å². The third kappa shape index (κ3) is 2.14. The molecule has 0 aliphatic carbocycles. The number of methoxy groups -OCH3 is 2. The van der Waals surface area contributed by atoms with Crippen molar-refractivity contribution in [2.45, 2.75) is 0 Å². The Bertz CT molecular complexity index is 742. The summed E-state index contributed by atoms with van der Waals surface area (Å²) in [5, 5.41) is 1.03. The lowest BCUT2D eigenvalue weighted by molar-refractivity contribution is 0.380. The molecule has 0 N–H and O–H groups in total. The smallest absolute Gasteiger partial charge is 0.316 e. The highest BCUT2D eigenvalue weighted by molar-refractivity contribution is 5.86. The lowest BCUT2D eigenvalue weighted by atomic mass is 10.1. The van der Waals surface area contributed by atoms with Gasteiger partial charge in [-0.1, -0.05) is 18.2 Å². The summed E-state index contributed by atoms with van der Waals surface area (Å²) in [4.78, 5) is 12.8. The number of ether oxygens (including phenoxy) is 2. The molecule has 3 aromatic rings. The second-order valence-corrected chi connectivity index (χ2v) is 4.19. The summed E-state index contributed by atoms with van der Waals surface area (Å²) in [6.07, 6.45) is 3.38. The number of pyridine rings is 1. The molecule has 20 heavy (non-hydrogen) atoms. The van der Waals surface area contributed by atoms with E-state index in [1.165, 1.54) is 7.11 Å². The van der Waals surface area contributed by atoms with Crippen molar-refractivity contribution in [1.82, 2.24) is 15.0 Å². The Hall–Kier alpha value is -2.69. The maximum atomic E-state index is 5.34. The van der Waals surface area contributed by atoms with E-state index in [9.17, 15) is 0 Å². The van der Waals surface area contributed by atoms with E-state index < -0.39 is 0 Å². The lowest BCUT2D eigenvalue weighted by Crippen LogP contribution is -1.93. The first kappa shape index (κ1) is 12.3. The van der Waals surface area contributed by atoms with Crippen LogP contribution >= 0.6 is 0 Å². The van der Waals surface area contributed by atoms with Gasteiger partial charge in [0.15, 0.2) is 0 Å². The molecule has 5 nitrogen and oxygen atoms in total. The van der Waals surface area contributed by atoms with Gasteiger partial charge in [-0.25, -0.2) is 15.0 Å². The van der Waals surface area contributed by atoms with Crippen molar-refractivity contribution in [1.29, 1.82) is 0 Å². The standard InChI is InChI=1S/C15H13N3O2/c1-19-13-5-3-4-10-6-7-12(18-14(10)13)11-8-16-15(20-2)17-9-11/h3-9H,1-2H3. The average molecular weight is 267 g/mol. The molecular weight excluding hydrogens is 254 g/mol. The summed E-state index contributed by atoms with van der Waals surface area (Å²) in [6, 6.07) is 10.1. The second kappa shape index (κ2) is 5.13. The van der Waals surface area contributed by atoms with E-state index in [1.807, 2.05) is 30.3 Å². The van der Waals surface area contributed by atoms with Gasteiger partial charge < -0.3 is 9.47 Å². The van der Waals surface area contributed by atoms with Crippen LogP contribution in [-0.2, 0) is 0 Å². The Morgan fingerprint density at radius 1 is 0.900 bits per heavy atom. The van der Waals surface area contributed by atoms with Gasteiger partial charge in [-0.2, -0.15) is 0 Å². The van der Waals surface area contributed by atoms with E-state index in [0.29, 0.717) is 6.01 Å². The van der Waals surface area contributed by atoms with Gasteiger partial charge in [0.1, 0.15) is 11.3 Å². The zero-order valence-corrected chi connectivity index (χ0v) is 11.2. The molecule has 0 unspecified atom stereocenters. The summed E-state index contributed by atoms with van der Waals surface area (Å²) < 4.78 is 10.3. The number of fused-ring (bicyclic) bond motifs is 1. The van der Waals surface area contributed by atoms with E-state index in [4.69, 9.17) is 9.47 Å². The third-order valence-electron chi connectivity index (χ3n) is 3.01. The molecule has 1 aromatic carbocycles. The molecule has 2 heterocycles. The van der Waals surface area contributed by atoms with Gasteiger partial charge in [0.2, 0.25) is 0 Å². The van der Waals surface area contributed by atoms with Gasteiger partial charge in [-0.15, -0.1) is 0 Å². The number of rotatable bonds is 3. The zero-order chi connectivity index (χ0) is 13.9. The molecule has 0 saturated carbocycles. The van der Waals surface area contributed by atoms with Gasteiger partial charge in [0.25, 0.3) is 0 Å². The highest BCUT2D eigenvalue weighted by atomic mass is 16.5. The van der Waals surface area contributed by atoms with Crippen LogP contribution in [0, 0.1) is 0 Å². The molecule has 0 amide bonds. The van der Waals surface area contributed by atoms with Crippen LogP contribution in [0.1, 0.15) is 0 Å². The Balaban J connectivity index is 2.11. The van der Waals surface area contributed by atoms with Crippen molar-refractivity contribution in [3.63, 3.8) is 0 Å². The summed E-state index contributed by atoms with van der Waals surface area (Å²) in [5.74, 6) is 0.749. The molecule has 0 fully saturated rings. The van der Waals surface area contributed by atoms with E-state index >= 15 is 0 Å². The van der Waals surface area contributed by atoms with Gasteiger partial charge in [-0.3, -0.25) is 0 Å². The fraction of sp³-hybridized carbons (Fsp3) is 0.133. The molecule has 0 aliphatic heterocycles. The number of benzene rings is 1. The number of hydrogen-bond donors (Lipinski definition) is 0. The molecule has 3 rings (SSSR count). The molecule has 100 valence electrons. The first-order valence-electron chi connectivity index (χ1n) is 6.12.